The van der Waals surface area contributed by atoms with E-state index in [2.05, 4.69) is 4.98 Å². The third-order valence-electron chi connectivity index (χ3n) is 1.91. The maximum atomic E-state index is 12.7. The molecule has 0 N–H and O–H groups in total. The Balaban J connectivity index is 3.32. The summed E-state index contributed by atoms with van der Waals surface area (Å²) >= 11 is 0. The molecule has 1 aromatic rings. The number of halogens is 2. The summed E-state index contributed by atoms with van der Waals surface area (Å²) in [5.74, 6) is 0.0530. The van der Waals surface area contributed by atoms with Gasteiger partial charge in [0, 0.05) is 6.07 Å². The fourth-order valence-electron chi connectivity index (χ4n) is 1.26. The van der Waals surface area contributed by atoms with Gasteiger partial charge in [0.1, 0.15) is 0 Å². The van der Waals surface area contributed by atoms with E-state index in [0.717, 1.165) is 0 Å². The van der Waals surface area contributed by atoms with Crippen molar-refractivity contribution >= 4 is 0 Å². The van der Waals surface area contributed by atoms with Crippen molar-refractivity contribution in [3.05, 3.63) is 17.5 Å². The average Bonchev–Trinajstić information content (AvgIpc) is 2.28. The lowest BCUT2D eigenvalue weighted by molar-refractivity contribution is 0.140. The minimum Gasteiger partial charge on any atom is -0.493 e. The molecule has 0 saturated heterocycles. The van der Waals surface area contributed by atoms with Gasteiger partial charge in [0.25, 0.3) is 6.43 Å². The van der Waals surface area contributed by atoms with Gasteiger partial charge in [-0.15, -0.1) is 0 Å². The van der Waals surface area contributed by atoms with Crippen LogP contribution in [0.15, 0.2) is 6.07 Å². The van der Waals surface area contributed by atoms with Crippen molar-refractivity contribution < 1.29 is 18.3 Å². The predicted octanol–water partition coefficient (Wildman–Crippen LogP) is 2.10. The number of nitrogens with zero attached hydrogens (tertiary/aromatic N) is 2. The summed E-state index contributed by atoms with van der Waals surface area (Å²) < 4.78 is 35.1. The van der Waals surface area contributed by atoms with Gasteiger partial charge in [-0.05, 0) is 0 Å². The van der Waals surface area contributed by atoms with Gasteiger partial charge in [-0.3, -0.25) is 0 Å². The normalized spacial score (nSPS) is 10.0. The van der Waals surface area contributed by atoms with Crippen LogP contribution >= 0.6 is 0 Å². The molecule has 0 aromatic carbocycles. The van der Waals surface area contributed by atoms with Crippen molar-refractivity contribution in [2.75, 3.05) is 14.2 Å². The number of hydrogen-bond acceptors (Lipinski definition) is 4. The molecule has 86 valence electrons. The van der Waals surface area contributed by atoms with Gasteiger partial charge in [-0.1, -0.05) is 0 Å². The molecule has 1 heterocycles. The molecule has 0 bridgehead atoms. The van der Waals surface area contributed by atoms with Gasteiger partial charge in [-0.25, -0.2) is 13.8 Å². The van der Waals surface area contributed by atoms with Crippen molar-refractivity contribution in [3.8, 4) is 17.6 Å². The molecule has 0 aliphatic heterocycles. The number of nitriles is 1. The summed E-state index contributed by atoms with van der Waals surface area (Å²) in [5, 5.41) is 8.49. The van der Waals surface area contributed by atoms with E-state index in [0.29, 0.717) is 0 Å². The Morgan fingerprint density at radius 3 is 2.56 bits per heavy atom. The summed E-state index contributed by atoms with van der Waals surface area (Å²) in [7, 11) is 2.60. The van der Waals surface area contributed by atoms with Crippen LogP contribution in [0.2, 0.25) is 0 Å². The Hall–Kier alpha value is -1.90. The minimum absolute atomic E-state index is 0.0555. The third kappa shape index (κ3) is 2.37. The van der Waals surface area contributed by atoms with Gasteiger partial charge >= 0.3 is 0 Å². The molecule has 0 amide bonds. The average molecular weight is 228 g/mol. The standard InChI is InChI=1S/C10H10F2N2O2/c1-15-7-5-6(3-4-13)14-8(10(11)12)9(7)16-2/h5,10H,3H2,1-2H3. The summed E-state index contributed by atoms with van der Waals surface area (Å²) in [6.45, 7) is 0. The highest BCUT2D eigenvalue weighted by molar-refractivity contribution is 5.45. The first-order valence-corrected chi connectivity index (χ1v) is 4.41. The maximum absolute atomic E-state index is 12.7. The lowest BCUT2D eigenvalue weighted by atomic mass is 10.2. The number of hydrogen-bond donors (Lipinski definition) is 0. The van der Waals surface area contributed by atoms with E-state index in [1.165, 1.54) is 20.3 Å². The van der Waals surface area contributed by atoms with Crippen LogP contribution in [0.4, 0.5) is 8.78 Å². The molecular formula is C10H10F2N2O2. The molecule has 1 aromatic heterocycles. The second kappa shape index (κ2) is 5.26. The molecule has 0 fully saturated rings. The fraction of sp³-hybridized carbons (Fsp3) is 0.400. The lowest BCUT2D eigenvalue weighted by Gasteiger charge is -2.12. The van der Waals surface area contributed by atoms with E-state index < -0.39 is 12.1 Å². The monoisotopic (exact) mass is 228 g/mol. The number of pyridine rings is 1. The molecule has 0 atom stereocenters. The zero-order chi connectivity index (χ0) is 12.1. The molecule has 0 aliphatic rings. The van der Waals surface area contributed by atoms with E-state index in [-0.39, 0.29) is 23.6 Å². The number of alkyl halides is 2. The van der Waals surface area contributed by atoms with E-state index in [1.54, 1.807) is 0 Å². The van der Waals surface area contributed by atoms with E-state index in [1.807, 2.05) is 6.07 Å². The van der Waals surface area contributed by atoms with E-state index in [4.69, 9.17) is 14.7 Å². The van der Waals surface area contributed by atoms with Crippen LogP contribution in [-0.4, -0.2) is 19.2 Å². The highest BCUT2D eigenvalue weighted by Gasteiger charge is 2.21. The summed E-state index contributed by atoms with van der Waals surface area (Å²) in [6.07, 6.45) is -2.83. The number of methoxy groups -OCH3 is 2. The fourth-order valence-corrected chi connectivity index (χ4v) is 1.26. The molecule has 16 heavy (non-hydrogen) atoms. The quantitative estimate of drug-likeness (QED) is 0.791. The zero-order valence-electron chi connectivity index (χ0n) is 8.83. The largest absolute Gasteiger partial charge is 0.493 e. The second-order valence-electron chi connectivity index (χ2n) is 2.87. The molecule has 0 unspecified atom stereocenters. The Labute approximate surface area is 91.4 Å². The molecule has 6 heteroatoms. The van der Waals surface area contributed by atoms with Gasteiger partial charge < -0.3 is 9.47 Å². The number of ether oxygens (including phenoxy) is 2. The summed E-state index contributed by atoms with van der Waals surface area (Å²) in [6, 6.07) is 3.25. The topological polar surface area (TPSA) is 55.1 Å². The van der Waals surface area contributed by atoms with Crippen molar-refractivity contribution in [1.29, 1.82) is 5.26 Å². The SMILES string of the molecule is COc1cc(CC#N)nc(C(F)F)c1OC. The van der Waals surface area contributed by atoms with Crippen molar-refractivity contribution in [2.24, 2.45) is 0 Å². The van der Waals surface area contributed by atoms with Crippen LogP contribution in [0.1, 0.15) is 17.8 Å². The lowest BCUT2D eigenvalue weighted by Crippen LogP contribution is -2.02. The molecular weight excluding hydrogens is 218 g/mol. The van der Waals surface area contributed by atoms with Crippen LogP contribution < -0.4 is 9.47 Å². The Kier molecular flexibility index (Phi) is 4.00. The first-order chi connectivity index (χ1) is 7.63. The predicted molar refractivity (Wildman–Crippen MR) is 51.6 cm³/mol. The van der Waals surface area contributed by atoms with Crippen LogP contribution in [0.3, 0.4) is 0 Å². The molecule has 1 rings (SSSR count). The number of rotatable bonds is 4. The zero-order valence-corrected chi connectivity index (χ0v) is 8.83. The van der Waals surface area contributed by atoms with Gasteiger partial charge in [0.2, 0.25) is 0 Å². The third-order valence-corrected chi connectivity index (χ3v) is 1.91. The Morgan fingerprint density at radius 2 is 2.12 bits per heavy atom. The van der Waals surface area contributed by atoms with Crippen LogP contribution in [0.25, 0.3) is 0 Å². The summed E-state index contributed by atoms with van der Waals surface area (Å²) in [5.41, 5.74) is -0.275. The van der Waals surface area contributed by atoms with Gasteiger partial charge in [0.05, 0.1) is 32.4 Å². The summed E-state index contributed by atoms with van der Waals surface area (Å²) in [4.78, 5) is 3.66. The Morgan fingerprint density at radius 1 is 1.44 bits per heavy atom. The molecule has 4 nitrogen and oxygen atoms in total. The first-order valence-electron chi connectivity index (χ1n) is 4.41. The van der Waals surface area contributed by atoms with Crippen molar-refractivity contribution in [2.45, 2.75) is 12.8 Å². The molecule has 0 spiro atoms. The van der Waals surface area contributed by atoms with Crippen LogP contribution in [-0.2, 0) is 6.42 Å². The van der Waals surface area contributed by atoms with Gasteiger partial charge in [0.15, 0.2) is 17.2 Å². The Bertz CT molecular complexity index is 416. The van der Waals surface area contributed by atoms with Gasteiger partial charge in [-0.2, -0.15) is 5.26 Å². The highest BCUT2D eigenvalue weighted by Crippen LogP contribution is 2.36. The van der Waals surface area contributed by atoms with E-state index in [9.17, 15) is 8.78 Å². The van der Waals surface area contributed by atoms with Crippen molar-refractivity contribution in [1.82, 2.24) is 4.98 Å². The smallest absolute Gasteiger partial charge is 0.284 e. The second-order valence-corrected chi connectivity index (χ2v) is 2.87. The minimum atomic E-state index is -2.78. The van der Waals surface area contributed by atoms with Crippen LogP contribution in [0.5, 0.6) is 11.5 Å². The molecule has 0 radical (unpaired) electrons. The van der Waals surface area contributed by atoms with Crippen molar-refractivity contribution in [3.63, 3.8) is 0 Å². The molecule has 0 aliphatic carbocycles. The van der Waals surface area contributed by atoms with Crippen LogP contribution in [0, 0.1) is 11.3 Å². The molecule has 0 saturated carbocycles. The number of aromatic nitrogens is 1. The van der Waals surface area contributed by atoms with E-state index >= 15 is 0 Å². The maximum Gasteiger partial charge on any atom is 0.284 e. The first kappa shape index (κ1) is 12.2. The highest BCUT2D eigenvalue weighted by atomic mass is 19.3.